The van der Waals surface area contributed by atoms with Crippen LogP contribution in [0.1, 0.15) is 65.7 Å². The lowest BCUT2D eigenvalue weighted by Crippen LogP contribution is -2.55. The molecule has 0 aromatic rings. The van der Waals surface area contributed by atoms with Crippen molar-refractivity contribution in [1.82, 2.24) is 5.32 Å². The summed E-state index contributed by atoms with van der Waals surface area (Å²) >= 11 is 0. The van der Waals surface area contributed by atoms with Crippen LogP contribution in [0.25, 0.3) is 0 Å². The fourth-order valence-electron chi connectivity index (χ4n) is 3.30. The maximum atomic E-state index is 11.1. The van der Waals surface area contributed by atoms with Crippen LogP contribution in [-0.2, 0) is 4.79 Å². The molecule has 4 heteroatoms. The number of allylic oxidation sites excluding steroid dienone is 2. The molecule has 132 valence electrons. The van der Waals surface area contributed by atoms with Crippen LogP contribution in [0, 0.1) is 0 Å². The molecule has 2 unspecified atom stereocenters. The molecule has 0 aliphatic carbocycles. The summed E-state index contributed by atoms with van der Waals surface area (Å²) < 4.78 is 1.01. The highest BCUT2D eigenvalue weighted by molar-refractivity contribution is 5.72. The van der Waals surface area contributed by atoms with Gasteiger partial charge in [0.2, 0.25) is 5.91 Å². The Morgan fingerprint density at radius 1 is 1.26 bits per heavy atom. The van der Waals surface area contributed by atoms with Crippen LogP contribution in [0.15, 0.2) is 17.1 Å². The summed E-state index contributed by atoms with van der Waals surface area (Å²) in [5.41, 5.74) is 0. The van der Waals surface area contributed by atoms with Crippen molar-refractivity contribution in [3.63, 3.8) is 0 Å². The van der Waals surface area contributed by atoms with Crippen LogP contribution >= 0.6 is 0 Å². The summed E-state index contributed by atoms with van der Waals surface area (Å²) in [4.78, 5) is 15.8. The van der Waals surface area contributed by atoms with Gasteiger partial charge < -0.3 is 5.32 Å². The molecule has 2 atom stereocenters. The quantitative estimate of drug-likeness (QED) is 0.332. The average molecular weight is 323 g/mol. The average Bonchev–Trinajstić information content (AvgIpc) is 2.93. The molecule has 0 aromatic carbocycles. The van der Waals surface area contributed by atoms with Crippen LogP contribution in [0.5, 0.6) is 0 Å². The minimum atomic E-state index is 0.0621. The number of hydrogen-bond acceptors (Lipinski definition) is 2. The first-order valence-corrected chi connectivity index (χ1v) is 9.41. The largest absolute Gasteiger partial charge is 0.351 e. The summed E-state index contributed by atoms with van der Waals surface area (Å²) in [6.07, 6.45) is 15.8. The number of carbonyl (C=O) groups excluding carboxylic acids is 1. The van der Waals surface area contributed by atoms with Gasteiger partial charge in [0.05, 0.1) is 25.8 Å². The van der Waals surface area contributed by atoms with Crippen LogP contribution < -0.4 is 5.32 Å². The van der Waals surface area contributed by atoms with E-state index in [9.17, 15) is 4.79 Å². The van der Waals surface area contributed by atoms with Gasteiger partial charge in [0.25, 0.3) is 0 Å². The molecule has 0 aromatic heterocycles. The van der Waals surface area contributed by atoms with Crippen molar-refractivity contribution < 1.29 is 9.28 Å². The molecule has 1 heterocycles. The maximum absolute atomic E-state index is 11.1. The Bertz CT molecular complexity index is 392. The Balaban J connectivity index is 2.27. The number of quaternary nitrogens is 1. The standard InChI is InChI=1S/C19H35N3O/c1-4-6-7-8-9-10-11-12-13-19-21-15-17-22(19,5-2)16-14-20-18(3)23/h7-8,15,19H,4-6,9-14,16-17H2,1-3H3/p+1/b8-7+. The van der Waals surface area contributed by atoms with E-state index in [1.54, 1.807) is 6.92 Å². The number of unbranched alkanes of at least 4 members (excludes halogenated alkanes) is 4. The van der Waals surface area contributed by atoms with Crippen LogP contribution in [-0.4, -0.2) is 48.9 Å². The van der Waals surface area contributed by atoms with Gasteiger partial charge in [-0.25, -0.2) is 4.99 Å². The fraction of sp³-hybridized carbons (Fsp3) is 0.789. The minimum absolute atomic E-state index is 0.0621. The lowest BCUT2D eigenvalue weighted by Gasteiger charge is -2.38. The molecule has 1 aliphatic rings. The number of aliphatic imine (C=N–C) groups is 1. The first kappa shape index (κ1) is 19.9. The van der Waals surface area contributed by atoms with E-state index >= 15 is 0 Å². The summed E-state index contributed by atoms with van der Waals surface area (Å²) in [7, 11) is 0. The molecule has 23 heavy (non-hydrogen) atoms. The van der Waals surface area contributed by atoms with E-state index in [1.807, 2.05) is 0 Å². The Kier molecular flexibility index (Phi) is 9.85. The van der Waals surface area contributed by atoms with Crippen molar-refractivity contribution in [3.8, 4) is 0 Å². The minimum Gasteiger partial charge on any atom is -0.351 e. The summed E-state index contributed by atoms with van der Waals surface area (Å²) in [5, 5.41) is 2.94. The zero-order valence-electron chi connectivity index (χ0n) is 15.4. The smallest absolute Gasteiger partial charge is 0.217 e. The molecular formula is C19H36N3O+. The SMILES string of the molecule is CCC/C=C/CCCCCC1N=CC[N+]1(CC)CCNC(C)=O. The zero-order chi connectivity index (χ0) is 17.0. The van der Waals surface area contributed by atoms with Crippen molar-refractivity contribution in [3.05, 3.63) is 12.2 Å². The summed E-state index contributed by atoms with van der Waals surface area (Å²) in [6.45, 7) is 9.89. The summed E-state index contributed by atoms with van der Waals surface area (Å²) in [6, 6.07) is 0. The van der Waals surface area contributed by atoms with Crippen molar-refractivity contribution >= 4 is 12.1 Å². The highest BCUT2D eigenvalue weighted by Gasteiger charge is 2.37. The van der Waals surface area contributed by atoms with Gasteiger partial charge in [0.1, 0.15) is 6.54 Å². The van der Waals surface area contributed by atoms with Crippen molar-refractivity contribution in [1.29, 1.82) is 0 Å². The van der Waals surface area contributed by atoms with Crippen molar-refractivity contribution in [2.75, 3.05) is 26.2 Å². The second kappa shape index (κ2) is 11.4. The van der Waals surface area contributed by atoms with Crippen LogP contribution in [0.4, 0.5) is 0 Å². The van der Waals surface area contributed by atoms with E-state index in [4.69, 9.17) is 4.99 Å². The van der Waals surface area contributed by atoms with Gasteiger partial charge in [-0.1, -0.05) is 31.9 Å². The van der Waals surface area contributed by atoms with Gasteiger partial charge in [-0.15, -0.1) is 0 Å². The highest BCUT2D eigenvalue weighted by Crippen LogP contribution is 2.23. The third-order valence-corrected chi connectivity index (χ3v) is 4.87. The predicted octanol–water partition coefficient (Wildman–Crippen LogP) is 3.68. The topological polar surface area (TPSA) is 41.5 Å². The highest BCUT2D eigenvalue weighted by atomic mass is 16.1. The van der Waals surface area contributed by atoms with Gasteiger partial charge in [0.15, 0.2) is 6.17 Å². The molecule has 1 rings (SSSR count). The Morgan fingerprint density at radius 2 is 2.04 bits per heavy atom. The van der Waals surface area contributed by atoms with E-state index < -0.39 is 0 Å². The fourth-order valence-corrected chi connectivity index (χ4v) is 3.30. The lowest BCUT2D eigenvalue weighted by atomic mass is 10.1. The molecular weight excluding hydrogens is 286 g/mol. The number of nitrogens with one attached hydrogen (secondary N) is 1. The van der Waals surface area contributed by atoms with E-state index in [1.165, 1.54) is 44.9 Å². The van der Waals surface area contributed by atoms with Gasteiger partial charge in [-0.2, -0.15) is 0 Å². The normalized spacial score (nSPS) is 23.7. The van der Waals surface area contributed by atoms with Gasteiger partial charge in [-0.05, 0) is 32.6 Å². The van der Waals surface area contributed by atoms with Gasteiger partial charge in [-0.3, -0.25) is 9.28 Å². The monoisotopic (exact) mass is 322 g/mol. The van der Waals surface area contributed by atoms with E-state index in [0.29, 0.717) is 6.17 Å². The van der Waals surface area contributed by atoms with E-state index in [-0.39, 0.29) is 5.91 Å². The first-order chi connectivity index (χ1) is 11.1. The molecule has 4 nitrogen and oxygen atoms in total. The molecule has 0 spiro atoms. The molecule has 0 bridgehead atoms. The number of nitrogens with zero attached hydrogens (tertiary/aromatic N) is 2. The molecule has 0 radical (unpaired) electrons. The molecule has 0 saturated heterocycles. The van der Waals surface area contributed by atoms with Gasteiger partial charge in [0, 0.05) is 13.3 Å². The second-order valence-electron chi connectivity index (χ2n) is 6.63. The predicted molar refractivity (Wildman–Crippen MR) is 98.6 cm³/mol. The number of hydrogen-bond donors (Lipinski definition) is 1. The number of carbonyl (C=O) groups is 1. The molecule has 1 N–H and O–H groups in total. The molecule has 0 fully saturated rings. The second-order valence-corrected chi connectivity index (χ2v) is 6.63. The Morgan fingerprint density at radius 3 is 2.74 bits per heavy atom. The number of amides is 1. The van der Waals surface area contributed by atoms with E-state index in [0.717, 1.165) is 30.7 Å². The Hall–Kier alpha value is -1.16. The molecule has 1 amide bonds. The van der Waals surface area contributed by atoms with Crippen molar-refractivity contribution in [2.24, 2.45) is 4.99 Å². The molecule has 1 aliphatic heterocycles. The number of likely N-dealkylation sites (N-methyl/N-ethyl adjacent to an activating group) is 1. The van der Waals surface area contributed by atoms with Crippen LogP contribution in [0.2, 0.25) is 0 Å². The maximum Gasteiger partial charge on any atom is 0.217 e. The van der Waals surface area contributed by atoms with Gasteiger partial charge >= 0.3 is 0 Å². The van der Waals surface area contributed by atoms with E-state index in [2.05, 4.69) is 37.5 Å². The third-order valence-electron chi connectivity index (χ3n) is 4.87. The lowest BCUT2D eigenvalue weighted by molar-refractivity contribution is -0.935. The third kappa shape index (κ3) is 7.30. The zero-order valence-corrected chi connectivity index (χ0v) is 15.4. The first-order valence-electron chi connectivity index (χ1n) is 9.41. The molecule has 0 saturated carbocycles. The number of rotatable bonds is 12. The van der Waals surface area contributed by atoms with Crippen LogP contribution in [0.3, 0.4) is 0 Å². The van der Waals surface area contributed by atoms with Crippen molar-refractivity contribution in [2.45, 2.75) is 71.9 Å². The Labute approximate surface area is 142 Å². The summed E-state index contributed by atoms with van der Waals surface area (Å²) in [5.74, 6) is 0.0621.